The van der Waals surface area contributed by atoms with E-state index in [-0.39, 0.29) is 11.9 Å². The molecule has 7 heteroatoms. The lowest BCUT2D eigenvalue weighted by Gasteiger charge is -2.11. The van der Waals surface area contributed by atoms with Gasteiger partial charge in [0.15, 0.2) is 5.16 Å². The summed E-state index contributed by atoms with van der Waals surface area (Å²) in [5, 5.41) is 12.2. The monoisotopic (exact) mass is 320 g/mol. The van der Waals surface area contributed by atoms with E-state index in [1.165, 1.54) is 24.6 Å². The van der Waals surface area contributed by atoms with Crippen LogP contribution in [0.3, 0.4) is 0 Å². The molecule has 2 aromatic rings. The first-order chi connectivity index (χ1) is 10.7. The van der Waals surface area contributed by atoms with Gasteiger partial charge in [0.05, 0.1) is 18.1 Å². The highest BCUT2D eigenvalue weighted by molar-refractivity contribution is 7.99. The third kappa shape index (κ3) is 3.52. The Labute approximate surface area is 133 Å². The molecule has 1 atom stereocenters. The number of hydrogen-bond donors (Lipinski definition) is 1. The number of nitrogens with one attached hydrogen (secondary N) is 1. The lowest BCUT2D eigenvalue weighted by atomic mass is 10.2. The Kier molecular flexibility index (Phi) is 4.82. The van der Waals surface area contributed by atoms with Crippen molar-refractivity contribution in [1.29, 1.82) is 0 Å². The van der Waals surface area contributed by atoms with Gasteiger partial charge in [0.25, 0.3) is 0 Å². The van der Waals surface area contributed by atoms with Crippen LogP contribution in [0.2, 0.25) is 0 Å². The number of carbonyl (C=O) groups excluding carboxylic acids is 1. The lowest BCUT2D eigenvalue weighted by Crippen LogP contribution is -2.28. The molecule has 0 aromatic carbocycles. The number of rotatable bonds is 5. The molecule has 1 amide bonds. The second kappa shape index (κ2) is 7.00. The smallest absolute Gasteiger partial charge is 0.231 e. The van der Waals surface area contributed by atoms with Crippen molar-refractivity contribution >= 4 is 17.7 Å². The van der Waals surface area contributed by atoms with E-state index in [4.69, 9.17) is 4.42 Å². The van der Waals surface area contributed by atoms with Gasteiger partial charge in [0.1, 0.15) is 11.6 Å². The van der Waals surface area contributed by atoms with Gasteiger partial charge in [-0.05, 0) is 31.9 Å². The van der Waals surface area contributed by atoms with Crippen molar-refractivity contribution < 1.29 is 9.21 Å². The molecule has 1 N–H and O–H groups in total. The van der Waals surface area contributed by atoms with Gasteiger partial charge in [-0.25, -0.2) is 0 Å². The number of furan rings is 1. The molecule has 2 aromatic heterocycles. The summed E-state index contributed by atoms with van der Waals surface area (Å²) < 4.78 is 7.44. The Morgan fingerprint density at radius 1 is 1.45 bits per heavy atom. The molecule has 1 aliphatic heterocycles. The van der Waals surface area contributed by atoms with Crippen LogP contribution >= 0.6 is 11.8 Å². The minimum absolute atomic E-state index is 0.0279. The van der Waals surface area contributed by atoms with Gasteiger partial charge in [-0.2, -0.15) is 0 Å². The van der Waals surface area contributed by atoms with Crippen molar-refractivity contribution in [2.75, 3.05) is 5.75 Å². The SMILES string of the molecule is C[C@H](NC(=O)CSc1nnc2n1CCCCC2)c1ccco1. The maximum atomic E-state index is 12.0. The average Bonchev–Trinajstić information content (AvgIpc) is 3.11. The summed E-state index contributed by atoms with van der Waals surface area (Å²) in [6.07, 6.45) is 6.15. The van der Waals surface area contributed by atoms with Gasteiger partial charge in [0.2, 0.25) is 5.91 Å². The summed E-state index contributed by atoms with van der Waals surface area (Å²) in [5.41, 5.74) is 0. The fourth-order valence-electron chi connectivity index (χ4n) is 2.59. The minimum atomic E-state index is -0.126. The number of carbonyl (C=O) groups is 1. The first-order valence-corrected chi connectivity index (χ1v) is 8.60. The van der Waals surface area contributed by atoms with E-state index in [0.717, 1.165) is 36.1 Å². The van der Waals surface area contributed by atoms with E-state index >= 15 is 0 Å². The van der Waals surface area contributed by atoms with Crippen LogP contribution in [-0.4, -0.2) is 26.4 Å². The van der Waals surface area contributed by atoms with Gasteiger partial charge in [0, 0.05) is 13.0 Å². The first kappa shape index (κ1) is 15.1. The molecule has 0 saturated heterocycles. The Bertz CT molecular complexity index is 624. The Morgan fingerprint density at radius 2 is 2.36 bits per heavy atom. The third-order valence-electron chi connectivity index (χ3n) is 3.76. The van der Waals surface area contributed by atoms with Crippen molar-refractivity contribution in [3.8, 4) is 0 Å². The molecule has 3 heterocycles. The largest absolute Gasteiger partial charge is 0.467 e. The number of amides is 1. The molecule has 3 rings (SSSR count). The Morgan fingerprint density at radius 3 is 3.18 bits per heavy atom. The fraction of sp³-hybridized carbons (Fsp3) is 0.533. The highest BCUT2D eigenvalue weighted by atomic mass is 32.2. The molecule has 0 bridgehead atoms. The van der Waals surface area contributed by atoms with E-state index in [1.54, 1.807) is 6.26 Å². The van der Waals surface area contributed by atoms with E-state index in [0.29, 0.717) is 5.75 Å². The second-order valence-corrected chi connectivity index (χ2v) is 6.40. The zero-order valence-corrected chi connectivity index (χ0v) is 13.4. The van der Waals surface area contributed by atoms with Gasteiger partial charge in [-0.3, -0.25) is 4.79 Å². The second-order valence-electron chi connectivity index (χ2n) is 5.45. The molecule has 0 fully saturated rings. The van der Waals surface area contributed by atoms with Crippen molar-refractivity contribution in [2.45, 2.75) is 50.4 Å². The molecule has 0 radical (unpaired) electrons. The van der Waals surface area contributed by atoms with Crippen molar-refractivity contribution in [2.24, 2.45) is 0 Å². The predicted octanol–water partition coefficient (Wildman–Crippen LogP) is 2.57. The summed E-state index contributed by atoms with van der Waals surface area (Å²) in [6.45, 7) is 2.86. The van der Waals surface area contributed by atoms with Crippen LogP contribution < -0.4 is 5.32 Å². The van der Waals surface area contributed by atoms with Crippen molar-refractivity contribution in [3.63, 3.8) is 0 Å². The lowest BCUT2D eigenvalue weighted by molar-refractivity contribution is -0.119. The van der Waals surface area contributed by atoms with Crippen molar-refractivity contribution in [1.82, 2.24) is 20.1 Å². The minimum Gasteiger partial charge on any atom is -0.467 e. The summed E-state index contributed by atoms with van der Waals surface area (Å²) >= 11 is 1.45. The highest BCUT2D eigenvalue weighted by Gasteiger charge is 2.17. The van der Waals surface area contributed by atoms with E-state index in [2.05, 4.69) is 20.1 Å². The van der Waals surface area contributed by atoms with Gasteiger partial charge in [-0.1, -0.05) is 18.2 Å². The summed E-state index contributed by atoms with van der Waals surface area (Å²) in [6, 6.07) is 3.55. The molecule has 6 nitrogen and oxygen atoms in total. The van der Waals surface area contributed by atoms with Crippen LogP contribution in [0.15, 0.2) is 28.0 Å². The molecule has 0 unspecified atom stereocenters. The number of thioether (sulfide) groups is 1. The Hall–Kier alpha value is -1.76. The van der Waals surface area contributed by atoms with E-state index in [1.807, 2.05) is 19.1 Å². The number of fused-ring (bicyclic) bond motifs is 1. The molecular formula is C15H20N4O2S. The van der Waals surface area contributed by atoms with Crippen LogP contribution in [-0.2, 0) is 17.8 Å². The maximum Gasteiger partial charge on any atom is 0.231 e. The molecular weight excluding hydrogens is 300 g/mol. The van der Waals surface area contributed by atoms with E-state index in [9.17, 15) is 4.79 Å². The standard InChI is InChI=1S/C15H20N4O2S/c1-11(12-6-5-9-21-12)16-14(20)10-22-15-18-17-13-7-3-2-4-8-19(13)15/h5-6,9,11H,2-4,7-8,10H2,1H3,(H,16,20)/t11-/m0/s1. The number of aromatic nitrogens is 3. The molecule has 0 aliphatic carbocycles. The first-order valence-electron chi connectivity index (χ1n) is 7.61. The number of hydrogen-bond acceptors (Lipinski definition) is 5. The molecule has 1 aliphatic rings. The fourth-order valence-corrected chi connectivity index (χ4v) is 3.38. The third-order valence-corrected chi connectivity index (χ3v) is 4.72. The molecule has 0 saturated carbocycles. The van der Waals surface area contributed by atoms with Crippen LogP contribution in [0.1, 0.15) is 43.8 Å². The van der Waals surface area contributed by atoms with Gasteiger partial charge >= 0.3 is 0 Å². The van der Waals surface area contributed by atoms with Crippen LogP contribution in [0.25, 0.3) is 0 Å². The molecule has 118 valence electrons. The summed E-state index contributed by atoms with van der Waals surface area (Å²) in [4.78, 5) is 12.0. The molecule has 0 spiro atoms. The van der Waals surface area contributed by atoms with Gasteiger partial charge < -0.3 is 14.3 Å². The Balaban J connectivity index is 1.54. The number of aryl methyl sites for hydroxylation is 1. The maximum absolute atomic E-state index is 12.0. The van der Waals surface area contributed by atoms with Crippen LogP contribution in [0.5, 0.6) is 0 Å². The zero-order chi connectivity index (χ0) is 15.4. The van der Waals surface area contributed by atoms with Gasteiger partial charge in [-0.15, -0.1) is 10.2 Å². The summed E-state index contributed by atoms with van der Waals surface area (Å²) in [5.74, 6) is 2.11. The topological polar surface area (TPSA) is 73.0 Å². The quantitative estimate of drug-likeness (QED) is 0.857. The van der Waals surface area contributed by atoms with Crippen LogP contribution in [0, 0.1) is 0 Å². The number of nitrogens with zero attached hydrogens (tertiary/aromatic N) is 3. The zero-order valence-electron chi connectivity index (χ0n) is 12.6. The normalized spacial score (nSPS) is 15.9. The average molecular weight is 320 g/mol. The van der Waals surface area contributed by atoms with E-state index < -0.39 is 0 Å². The van der Waals surface area contributed by atoms with Crippen LogP contribution in [0.4, 0.5) is 0 Å². The molecule has 22 heavy (non-hydrogen) atoms. The highest BCUT2D eigenvalue weighted by Crippen LogP contribution is 2.22. The predicted molar refractivity (Wildman–Crippen MR) is 83.6 cm³/mol. The summed E-state index contributed by atoms with van der Waals surface area (Å²) in [7, 11) is 0. The van der Waals surface area contributed by atoms with Crippen molar-refractivity contribution in [3.05, 3.63) is 30.0 Å².